The van der Waals surface area contributed by atoms with Gasteiger partial charge in [-0.15, -0.1) is 0 Å². The Balaban J connectivity index is 2.12. The first-order valence-corrected chi connectivity index (χ1v) is 7.80. The van der Waals surface area contributed by atoms with Gasteiger partial charge in [-0.1, -0.05) is 22.9 Å². The Kier molecular flexibility index (Phi) is 5.62. The maximum Gasteiger partial charge on any atom is 0.125 e. The summed E-state index contributed by atoms with van der Waals surface area (Å²) >= 11 is 3.47. The highest BCUT2D eigenvalue weighted by Crippen LogP contribution is 2.25. The van der Waals surface area contributed by atoms with Crippen molar-refractivity contribution < 1.29 is 9.13 Å². The first kappa shape index (κ1) is 15.8. The molecule has 112 valence electrons. The largest absolute Gasteiger partial charge is 0.493 e. The SMILES string of the molecule is CCCOc1ccc(Br)cc1CNc1cc(C)cc(F)c1. The third-order valence-corrected chi connectivity index (χ3v) is 3.50. The predicted molar refractivity (Wildman–Crippen MR) is 88.4 cm³/mol. The number of ether oxygens (including phenoxy) is 1. The van der Waals surface area contributed by atoms with E-state index >= 15 is 0 Å². The van der Waals surface area contributed by atoms with Crippen LogP contribution < -0.4 is 10.1 Å². The molecule has 0 unspecified atom stereocenters. The van der Waals surface area contributed by atoms with Gasteiger partial charge in [0.25, 0.3) is 0 Å². The molecule has 0 spiro atoms. The van der Waals surface area contributed by atoms with Crippen LogP contribution in [0.2, 0.25) is 0 Å². The Morgan fingerprint density at radius 2 is 2.00 bits per heavy atom. The second-order valence-corrected chi connectivity index (χ2v) is 5.89. The monoisotopic (exact) mass is 351 g/mol. The van der Waals surface area contributed by atoms with Crippen molar-refractivity contribution in [3.63, 3.8) is 0 Å². The summed E-state index contributed by atoms with van der Waals surface area (Å²) < 4.78 is 20.1. The molecule has 0 fully saturated rings. The number of anilines is 1. The number of hydrogen-bond acceptors (Lipinski definition) is 2. The molecule has 0 saturated carbocycles. The van der Waals surface area contributed by atoms with Crippen LogP contribution >= 0.6 is 15.9 Å². The second-order valence-electron chi connectivity index (χ2n) is 4.97. The highest BCUT2D eigenvalue weighted by atomic mass is 79.9. The fraction of sp³-hybridized carbons (Fsp3) is 0.294. The van der Waals surface area contributed by atoms with Gasteiger partial charge in [-0.05, 0) is 55.3 Å². The van der Waals surface area contributed by atoms with Crippen LogP contribution in [0, 0.1) is 12.7 Å². The molecule has 0 heterocycles. The fourth-order valence-corrected chi connectivity index (χ4v) is 2.48. The maximum atomic E-state index is 13.4. The summed E-state index contributed by atoms with van der Waals surface area (Å²) in [5, 5.41) is 3.25. The summed E-state index contributed by atoms with van der Waals surface area (Å²) in [4.78, 5) is 0. The number of hydrogen-bond donors (Lipinski definition) is 1. The lowest BCUT2D eigenvalue weighted by atomic mass is 10.1. The normalized spacial score (nSPS) is 10.5. The number of nitrogens with one attached hydrogen (secondary N) is 1. The van der Waals surface area contributed by atoms with Gasteiger partial charge in [0.2, 0.25) is 0 Å². The van der Waals surface area contributed by atoms with Gasteiger partial charge in [0.1, 0.15) is 11.6 Å². The van der Waals surface area contributed by atoms with Crippen molar-refractivity contribution in [2.45, 2.75) is 26.8 Å². The van der Waals surface area contributed by atoms with E-state index in [1.807, 2.05) is 31.2 Å². The zero-order valence-electron chi connectivity index (χ0n) is 12.2. The summed E-state index contributed by atoms with van der Waals surface area (Å²) in [7, 11) is 0. The van der Waals surface area contributed by atoms with Crippen molar-refractivity contribution in [3.05, 3.63) is 57.8 Å². The smallest absolute Gasteiger partial charge is 0.125 e. The Hall–Kier alpha value is -1.55. The zero-order chi connectivity index (χ0) is 15.2. The molecule has 0 aliphatic carbocycles. The van der Waals surface area contributed by atoms with Crippen LogP contribution in [-0.2, 0) is 6.54 Å². The molecule has 2 nitrogen and oxygen atoms in total. The van der Waals surface area contributed by atoms with E-state index in [1.165, 1.54) is 12.1 Å². The van der Waals surface area contributed by atoms with Gasteiger partial charge in [0, 0.05) is 22.3 Å². The van der Waals surface area contributed by atoms with Gasteiger partial charge in [-0.25, -0.2) is 4.39 Å². The Bertz CT molecular complexity index is 595. The minimum atomic E-state index is -0.228. The predicted octanol–water partition coefficient (Wildman–Crippen LogP) is 5.30. The van der Waals surface area contributed by atoms with Crippen molar-refractivity contribution in [1.29, 1.82) is 0 Å². The number of benzene rings is 2. The third kappa shape index (κ3) is 4.74. The van der Waals surface area contributed by atoms with Crippen LogP contribution in [0.3, 0.4) is 0 Å². The first-order valence-electron chi connectivity index (χ1n) is 7.01. The minimum Gasteiger partial charge on any atom is -0.493 e. The molecule has 0 amide bonds. The molecule has 2 aromatic carbocycles. The summed E-state index contributed by atoms with van der Waals surface area (Å²) in [6.07, 6.45) is 0.964. The summed E-state index contributed by atoms with van der Waals surface area (Å²) in [5.41, 5.74) is 2.71. The van der Waals surface area contributed by atoms with Gasteiger partial charge in [-0.3, -0.25) is 0 Å². The molecule has 0 aliphatic rings. The highest BCUT2D eigenvalue weighted by molar-refractivity contribution is 9.10. The molecule has 4 heteroatoms. The topological polar surface area (TPSA) is 21.3 Å². The molecule has 0 aliphatic heterocycles. The van der Waals surface area contributed by atoms with Crippen LogP contribution in [0.25, 0.3) is 0 Å². The van der Waals surface area contributed by atoms with Crippen LogP contribution in [0.4, 0.5) is 10.1 Å². The summed E-state index contributed by atoms with van der Waals surface area (Å²) in [6.45, 7) is 5.23. The lowest BCUT2D eigenvalue weighted by Crippen LogP contribution is -2.04. The highest BCUT2D eigenvalue weighted by Gasteiger charge is 2.05. The Labute approximate surface area is 133 Å². The molecular weight excluding hydrogens is 333 g/mol. The molecule has 0 saturated heterocycles. The molecule has 1 N–H and O–H groups in total. The fourth-order valence-electron chi connectivity index (χ4n) is 2.07. The van der Waals surface area contributed by atoms with E-state index in [4.69, 9.17) is 4.74 Å². The van der Waals surface area contributed by atoms with Crippen molar-refractivity contribution in [3.8, 4) is 5.75 Å². The molecule has 2 rings (SSSR count). The average Bonchev–Trinajstić information content (AvgIpc) is 2.43. The minimum absolute atomic E-state index is 0.228. The lowest BCUT2D eigenvalue weighted by molar-refractivity contribution is 0.314. The Morgan fingerprint density at radius 3 is 2.71 bits per heavy atom. The molecule has 2 aromatic rings. The lowest BCUT2D eigenvalue weighted by Gasteiger charge is -2.13. The van der Waals surface area contributed by atoms with E-state index in [-0.39, 0.29) is 5.82 Å². The molecule has 21 heavy (non-hydrogen) atoms. The van der Waals surface area contributed by atoms with Crippen LogP contribution in [0.15, 0.2) is 40.9 Å². The Morgan fingerprint density at radius 1 is 1.19 bits per heavy atom. The molecule has 0 atom stereocenters. The van der Waals surface area contributed by atoms with Gasteiger partial charge in [0.15, 0.2) is 0 Å². The molecule has 0 bridgehead atoms. The number of aryl methyl sites for hydroxylation is 1. The second kappa shape index (κ2) is 7.46. The van der Waals surface area contributed by atoms with Crippen LogP contribution in [-0.4, -0.2) is 6.61 Å². The quantitative estimate of drug-likeness (QED) is 0.762. The van der Waals surface area contributed by atoms with Crippen molar-refractivity contribution in [2.75, 3.05) is 11.9 Å². The number of halogens is 2. The first-order chi connectivity index (χ1) is 10.1. The van der Waals surface area contributed by atoms with Gasteiger partial charge in [0.05, 0.1) is 6.61 Å². The van der Waals surface area contributed by atoms with Crippen LogP contribution in [0.5, 0.6) is 5.75 Å². The molecule has 0 radical (unpaired) electrons. The van der Waals surface area contributed by atoms with E-state index in [1.54, 1.807) is 0 Å². The molecular formula is C17H19BrFNO. The molecule has 0 aromatic heterocycles. The van der Waals surface area contributed by atoms with E-state index in [9.17, 15) is 4.39 Å². The van der Waals surface area contributed by atoms with E-state index in [0.717, 1.165) is 33.5 Å². The van der Waals surface area contributed by atoms with Crippen LogP contribution in [0.1, 0.15) is 24.5 Å². The zero-order valence-corrected chi connectivity index (χ0v) is 13.8. The van der Waals surface area contributed by atoms with Crippen molar-refractivity contribution >= 4 is 21.6 Å². The maximum absolute atomic E-state index is 13.4. The number of rotatable bonds is 6. The third-order valence-electron chi connectivity index (χ3n) is 3.01. The average molecular weight is 352 g/mol. The van der Waals surface area contributed by atoms with Crippen molar-refractivity contribution in [1.82, 2.24) is 0 Å². The van der Waals surface area contributed by atoms with Crippen molar-refractivity contribution in [2.24, 2.45) is 0 Å². The standard InChI is InChI=1S/C17H19BrFNO/c1-3-6-21-17-5-4-14(18)9-13(17)11-20-16-8-12(2)7-15(19)10-16/h4-5,7-10,20H,3,6,11H2,1-2H3. The summed E-state index contributed by atoms with van der Waals surface area (Å²) in [6, 6.07) is 10.9. The van der Waals surface area contributed by atoms with Gasteiger partial charge in [-0.2, -0.15) is 0 Å². The van der Waals surface area contributed by atoms with Gasteiger partial charge >= 0.3 is 0 Å². The summed E-state index contributed by atoms with van der Waals surface area (Å²) in [5.74, 6) is 0.634. The van der Waals surface area contributed by atoms with E-state index < -0.39 is 0 Å². The van der Waals surface area contributed by atoms with Gasteiger partial charge < -0.3 is 10.1 Å². The van der Waals surface area contributed by atoms with E-state index in [0.29, 0.717) is 13.2 Å². The van der Waals surface area contributed by atoms with E-state index in [2.05, 4.69) is 28.2 Å².